The van der Waals surface area contributed by atoms with Gasteiger partial charge in [-0.2, -0.15) is 0 Å². The average Bonchev–Trinajstić information content (AvgIpc) is 2.39. The van der Waals surface area contributed by atoms with Crippen LogP contribution < -0.4 is 5.73 Å². The van der Waals surface area contributed by atoms with Gasteiger partial charge in [0, 0.05) is 5.69 Å². The van der Waals surface area contributed by atoms with Gasteiger partial charge in [0.2, 0.25) is 0 Å². The number of nitrogens with two attached hydrogens (primary N) is 1. The molecule has 0 atom stereocenters. The van der Waals surface area contributed by atoms with Gasteiger partial charge in [0.15, 0.2) is 0 Å². The number of aryl methyl sites for hydroxylation is 1. The molecule has 2 aromatic rings. The fourth-order valence-corrected chi connectivity index (χ4v) is 1.63. The summed E-state index contributed by atoms with van der Waals surface area (Å²) in [7, 11) is 0. The number of benzene rings is 2. The second kappa shape index (κ2) is 5.52. The van der Waals surface area contributed by atoms with Gasteiger partial charge in [-0.25, -0.2) is 9.18 Å². The van der Waals surface area contributed by atoms with E-state index in [-0.39, 0.29) is 12.4 Å². The van der Waals surface area contributed by atoms with E-state index in [4.69, 9.17) is 10.5 Å². The average molecular weight is 259 g/mol. The third-order valence-corrected chi connectivity index (χ3v) is 2.77. The van der Waals surface area contributed by atoms with Crippen LogP contribution >= 0.6 is 0 Å². The number of halogens is 1. The first kappa shape index (κ1) is 13.1. The summed E-state index contributed by atoms with van der Waals surface area (Å²) in [4.78, 5) is 11.8. The molecule has 2 rings (SSSR count). The van der Waals surface area contributed by atoms with E-state index in [1.807, 2.05) is 6.92 Å². The van der Waals surface area contributed by atoms with Crippen LogP contribution in [0.4, 0.5) is 10.1 Å². The molecule has 0 amide bonds. The minimum atomic E-state index is -0.476. The molecule has 0 aliphatic carbocycles. The number of hydrogen-bond donors (Lipinski definition) is 1. The molecule has 0 aromatic heterocycles. The summed E-state index contributed by atoms with van der Waals surface area (Å²) >= 11 is 0. The Bertz CT molecular complexity index is 611. The summed E-state index contributed by atoms with van der Waals surface area (Å²) in [5.74, 6) is -0.830. The van der Waals surface area contributed by atoms with E-state index in [1.165, 1.54) is 12.1 Å². The van der Waals surface area contributed by atoms with Crippen molar-refractivity contribution in [3.8, 4) is 0 Å². The van der Waals surface area contributed by atoms with Crippen LogP contribution in [0.2, 0.25) is 0 Å². The molecule has 0 heterocycles. The van der Waals surface area contributed by atoms with Crippen LogP contribution in [0.5, 0.6) is 0 Å². The monoisotopic (exact) mass is 259 g/mol. The lowest BCUT2D eigenvalue weighted by atomic mass is 10.1. The number of nitrogen functional groups attached to an aromatic ring is 1. The van der Waals surface area contributed by atoms with Crippen LogP contribution in [0.3, 0.4) is 0 Å². The van der Waals surface area contributed by atoms with Crippen LogP contribution in [-0.2, 0) is 11.3 Å². The van der Waals surface area contributed by atoms with Gasteiger partial charge in [0.25, 0.3) is 0 Å². The highest BCUT2D eigenvalue weighted by atomic mass is 19.1. The highest BCUT2D eigenvalue weighted by Crippen LogP contribution is 2.14. The maximum absolute atomic E-state index is 13.0. The maximum Gasteiger partial charge on any atom is 0.338 e. The van der Waals surface area contributed by atoms with E-state index >= 15 is 0 Å². The zero-order valence-corrected chi connectivity index (χ0v) is 10.5. The normalized spacial score (nSPS) is 10.2. The Labute approximate surface area is 110 Å². The molecular weight excluding hydrogens is 245 g/mol. The van der Waals surface area contributed by atoms with Crippen molar-refractivity contribution in [2.45, 2.75) is 13.5 Å². The molecule has 4 heteroatoms. The van der Waals surface area contributed by atoms with Gasteiger partial charge in [-0.1, -0.05) is 18.2 Å². The number of carbonyl (C=O) groups excluding carboxylic acids is 1. The Hall–Kier alpha value is -2.36. The first-order valence-electron chi connectivity index (χ1n) is 5.84. The van der Waals surface area contributed by atoms with Gasteiger partial charge in [0.05, 0.1) is 5.56 Å². The van der Waals surface area contributed by atoms with Crippen LogP contribution in [0.15, 0.2) is 42.5 Å². The van der Waals surface area contributed by atoms with Gasteiger partial charge in [-0.3, -0.25) is 0 Å². The Morgan fingerprint density at radius 3 is 2.74 bits per heavy atom. The standard InChI is InChI=1S/C15H14FNO2/c1-10-5-6-12(8-14(10)17)15(18)19-9-11-3-2-4-13(16)7-11/h2-8H,9,17H2,1H3. The third kappa shape index (κ3) is 3.31. The summed E-state index contributed by atoms with van der Waals surface area (Å²) in [5.41, 5.74) is 8.17. The number of rotatable bonds is 3. The zero-order chi connectivity index (χ0) is 13.8. The Morgan fingerprint density at radius 1 is 1.26 bits per heavy atom. The molecule has 0 radical (unpaired) electrons. The third-order valence-electron chi connectivity index (χ3n) is 2.77. The predicted molar refractivity (Wildman–Crippen MR) is 71.1 cm³/mol. The van der Waals surface area contributed by atoms with Crippen molar-refractivity contribution in [1.29, 1.82) is 0 Å². The topological polar surface area (TPSA) is 52.3 Å². The molecule has 19 heavy (non-hydrogen) atoms. The smallest absolute Gasteiger partial charge is 0.338 e. The summed E-state index contributed by atoms with van der Waals surface area (Å²) in [6.07, 6.45) is 0. The zero-order valence-electron chi connectivity index (χ0n) is 10.5. The highest BCUT2D eigenvalue weighted by Gasteiger charge is 2.08. The Kier molecular flexibility index (Phi) is 3.80. The van der Waals surface area contributed by atoms with E-state index in [2.05, 4.69) is 0 Å². The molecule has 0 bridgehead atoms. The lowest BCUT2D eigenvalue weighted by Gasteiger charge is -2.07. The first-order valence-corrected chi connectivity index (χ1v) is 5.84. The lowest BCUT2D eigenvalue weighted by molar-refractivity contribution is 0.0472. The number of carbonyl (C=O) groups is 1. The van der Waals surface area contributed by atoms with E-state index in [0.29, 0.717) is 16.8 Å². The van der Waals surface area contributed by atoms with Crippen molar-refractivity contribution in [2.75, 3.05) is 5.73 Å². The van der Waals surface area contributed by atoms with Crippen molar-refractivity contribution >= 4 is 11.7 Å². The Morgan fingerprint density at radius 2 is 2.05 bits per heavy atom. The molecule has 0 unspecified atom stereocenters. The number of hydrogen-bond acceptors (Lipinski definition) is 3. The van der Waals surface area contributed by atoms with Gasteiger partial charge < -0.3 is 10.5 Å². The van der Waals surface area contributed by atoms with E-state index < -0.39 is 5.97 Å². The Balaban J connectivity index is 2.03. The van der Waals surface area contributed by atoms with E-state index in [1.54, 1.807) is 30.3 Å². The van der Waals surface area contributed by atoms with Gasteiger partial charge in [-0.15, -0.1) is 0 Å². The van der Waals surface area contributed by atoms with Crippen molar-refractivity contribution in [3.63, 3.8) is 0 Å². The second-order valence-corrected chi connectivity index (χ2v) is 4.28. The number of ether oxygens (including phenoxy) is 1. The molecule has 0 fully saturated rings. The van der Waals surface area contributed by atoms with Crippen LogP contribution in [0.1, 0.15) is 21.5 Å². The van der Waals surface area contributed by atoms with Gasteiger partial charge >= 0.3 is 5.97 Å². The van der Waals surface area contributed by atoms with Crippen LogP contribution in [0.25, 0.3) is 0 Å². The highest BCUT2D eigenvalue weighted by molar-refractivity contribution is 5.90. The molecule has 0 aliphatic heterocycles. The maximum atomic E-state index is 13.0. The molecular formula is C15H14FNO2. The molecule has 3 nitrogen and oxygen atoms in total. The van der Waals surface area contributed by atoms with Crippen molar-refractivity contribution < 1.29 is 13.9 Å². The van der Waals surface area contributed by atoms with Crippen LogP contribution in [-0.4, -0.2) is 5.97 Å². The fourth-order valence-electron chi connectivity index (χ4n) is 1.63. The predicted octanol–water partition coefficient (Wildman–Crippen LogP) is 3.07. The minimum absolute atomic E-state index is 0.0321. The molecule has 0 spiro atoms. The largest absolute Gasteiger partial charge is 0.457 e. The van der Waals surface area contributed by atoms with Crippen molar-refractivity contribution in [3.05, 3.63) is 65.0 Å². The quantitative estimate of drug-likeness (QED) is 0.680. The van der Waals surface area contributed by atoms with Crippen LogP contribution in [0, 0.1) is 12.7 Å². The SMILES string of the molecule is Cc1ccc(C(=O)OCc2cccc(F)c2)cc1N. The van der Waals surface area contributed by atoms with Gasteiger partial charge in [0.1, 0.15) is 12.4 Å². The number of anilines is 1. The summed E-state index contributed by atoms with van der Waals surface area (Å²) in [5, 5.41) is 0. The molecule has 2 N–H and O–H groups in total. The molecule has 0 aliphatic rings. The second-order valence-electron chi connectivity index (χ2n) is 4.28. The summed E-state index contributed by atoms with van der Waals surface area (Å²) in [6, 6.07) is 10.9. The minimum Gasteiger partial charge on any atom is -0.457 e. The first-order chi connectivity index (χ1) is 9.06. The molecule has 0 saturated carbocycles. The van der Waals surface area contributed by atoms with E-state index in [0.717, 1.165) is 5.56 Å². The number of esters is 1. The van der Waals surface area contributed by atoms with Gasteiger partial charge in [-0.05, 0) is 42.3 Å². The summed E-state index contributed by atoms with van der Waals surface area (Å²) in [6.45, 7) is 1.89. The van der Waals surface area contributed by atoms with Crippen molar-refractivity contribution in [2.24, 2.45) is 0 Å². The summed E-state index contributed by atoms with van der Waals surface area (Å²) < 4.78 is 18.1. The molecule has 98 valence electrons. The molecule has 2 aromatic carbocycles. The van der Waals surface area contributed by atoms with E-state index in [9.17, 15) is 9.18 Å². The van der Waals surface area contributed by atoms with Crippen molar-refractivity contribution in [1.82, 2.24) is 0 Å². The molecule has 0 saturated heterocycles. The fraction of sp³-hybridized carbons (Fsp3) is 0.133. The lowest BCUT2D eigenvalue weighted by Crippen LogP contribution is -2.06.